The first kappa shape index (κ1) is 22.4. The summed E-state index contributed by atoms with van der Waals surface area (Å²) in [4.78, 5) is 7.21. The van der Waals surface area contributed by atoms with Gasteiger partial charge in [-0.05, 0) is 42.3 Å². The molecule has 3 nitrogen and oxygen atoms in total. The Morgan fingerprint density at radius 1 is 0.649 bits per heavy atom. The molecule has 5 aromatic carbocycles. The Hall–Kier alpha value is -3.85. The topological polar surface area (TPSA) is 34.9 Å². The maximum Gasteiger partial charge on any atom is 0.171 e. The fourth-order valence-corrected chi connectivity index (χ4v) is 9.03. The molecule has 1 aromatic heterocycles. The number of nitrogens with zero attached hydrogens (tertiary/aromatic N) is 2. The molecule has 7 rings (SSSR count). The minimum Gasteiger partial charge on any atom is -0.309 e. The van der Waals surface area contributed by atoms with Crippen LogP contribution in [0.15, 0.2) is 131 Å². The van der Waals surface area contributed by atoms with Crippen molar-refractivity contribution in [2.45, 2.75) is 16.7 Å². The van der Waals surface area contributed by atoms with Gasteiger partial charge < -0.3 is 4.57 Å². The molecule has 0 amide bonds. The van der Waals surface area contributed by atoms with Crippen molar-refractivity contribution in [1.29, 1.82) is 0 Å². The minimum atomic E-state index is -2.98. The molecular formula is C32H23N2OPS. The Morgan fingerprint density at radius 3 is 1.95 bits per heavy atom. The highest BCUT2D eigenvalue weighted by Gasteiger charge is 2.29. The van der Waals surface area contributed by atoms with Crippen molar-refractivity contribution >= 4 is 45.9 Å². The van der Waals surface area contributed by atoms with Crippen LogP contribution in [0.3, 0.4) is 0 Å². The van der Waals surface area contributed by atoms with Gasteiger partial charge in [-0.2, -0.15) is 0 Å². The van der Waals surface area contributed by atoms with E-state index in [4.69, 9.17) is 4.98 Å². The third-order valence-corrected chi connectivity index (χ3v) is 11.2. The van der Waals surface area contributed by atoms with Crippen LogP contribution in [0.25, 0.3) is 27.8 Å². The second-order valence-corrected chi connectivity index (χ2v) is 13.1. The van der Waals surface area contributed by atoms with E-state index >= 15 is 0 Å². The van der Waals surface area contributed by atoms with Crippen LogP contribution in [-0.2, 0) is 4.57 Å². The zero-order chi connectivity index (χ0) is 25.0. The SMILES string of the molecule is Cc1nc2cccc3c2n1-c1ccc(-c2ccc(P(=O)(c4ccccc4)c4ccccc4)cc2)cc1S3. The Morgan fingerprint density at radius 2 is 1.27 bits per heavy atom. The average Bonchev–Trinajstić information content (AvgIpc) is 3.31. The molecule has 6 aromatic rings. The predicted molar refractivity (Wildman–Crippen MR) is 155 cm³/mol. The smallest absolute Gasteiger partial charge is 0.171 e. The lowest BCUT2D eigenvalue weighted by molar-refractivity contribution is 0.592. The minimum absolute atomic E-state index is 0.839. The molecule has 0 fully saturated rings. The van der Waals surface area contributed by atoms with Crippen LogP contribution >= 0.6 is 18.9 Å². The van der Waals surface area contributed by atoms with E-state index < -0.39 is 7.14 Å². The maximum atomic E-state index is 14.7. The summed E-state index contributed by atoms with van der Waals surface area (Å²) in [5, 5.41) is 2.53. The lowest BCUT2D eigenvalue weighted by Crippen LogP contribution is -2.24. The number of aromatic nitrogens is 2. The van der Waals surface area contributed by atoms with E-state index in [0.29, 0.717) is 0 Å². The van der Waals surface area contributed by atoms with Gasteiger partial charge in [-0.3, -0.25) is 4.57 Å². The van der Waals surface area contributed by atoms with Crippen LogP contribution in [0.5, 0.6) is 0 Å². The second-order valence-electron chi connectivity index (χ2n) is 9.23. The van der Waals surface area contributed by atoms with Gasteiger partial charge in [0.05, 0.1) is 16.7 Å². The van der Waals surface area contributed by atoms with E-state index in [1.54, 1.807) is 11.8 Å². The summed E-state index contributed by atoms with van der Waals surface area (Å²) in [5.41, 5.74) is 5.63. The van der Waals surface area contributed by atoms with E-state index in [9.17, 15) is 4.57 Å². The summed E-state index contributed by atoms with van der Waals surface area (Å²) in [6.07, 6.45) is 0. The summed E-state index contributed by atoms with van der Waals surface area (Å²) in [6.45, 7) is 2.06. The zero-order valence-electron chi connectivity index (χ0n) is 20.2. The molecule has 0 saturated heterocycles. The van der Waals surface area contributed by atoms with Crippen molar-refractivity contribution in [3.63, 3.8) is 0 Å². The van der Waals surface area contributed by atoms with Gasteiger partial charge in [0.2, 0.25) is 0 Å². The van der Waals surface area contributed by atoms with Crippen LogP contribution in [0.4, 0.5) is 0 Å². The number of hydrogen-bond acceptors (Lipinski definition) is 3. The van der Waals surface area contributed by atoms with E-state index in [-0.39, 0.29) is 0 Å². The third kappa shape index (κ3) is 3.52. The first-order valence-corrected chi connectivity index (χ1v) is 14.8. The molecular weight excluding hydrogens is 491 g/mol. The zero-order valence-corrected chi connectivity index (χ0v) is 21.9. The van der Waals surface area contributed by atoms with Crippen LogP contribution in [0.2, 0.25) is 0 Å². The molecule has 0 atom stereocenters. The fraction of sp³-hybridized carbons (Fsp3) is 0.0312. The van der Waals surface area contributed by atoms with Crippen LogP contribution in [0.1, 0.15) is 5.82 Å². The van der Waals surface area contributed by atoms with E-state index in [1.807, 2.05) is 72.8 Å². The standard InChI is InChI=1S/C32H23N2OPS/c1-22-33-28-13-8-14-30-32(28)34(22)29-20-17-24(21-31(29)37-30)23-15-18-27(19-16-23)36(35,25-9-4-2-5-10-25)26-11-6-3-7-12-26/h2-21H,1H3. The van der Waals surface area contributed by atoms with Gasteiger partial charge in [-0.1, -0.05) is 109 Å². The van der Waals surface area contributed by atoms with Crippen molar-refractivity contribution < 1.29 is 4.57 Å². The fourth-order valence-electron chi connectivity index (χ4n) is 5.25. The molecule has 0 saturated carbocycles. The molecule has 2 heterocycles. The largest absolute Gasteiger partial charge is 0.309 e. The monoisotopic (exact) mass is 514 g/mol. The Kier molecular flexibility index (Phi) is 5.21. The summed E-state index contributed by atoms with van der Waals surface area (Å²) in [5.74, 6) is 0.999. The van der Waals surface area contributed by atoms with Crippen LogP contribution in [0, 0.1) is 6.92 Å². The van der Waals surface area contributed by atoms with Gasteiger partial charge in [0.15, 0.2) is 7.14 Å². The number of rotatable bonds is 4. The van der Waals surface area contributed by atoms with Gasteiger partial charge in [0.1, 0.15) is 5.82 Å². The number of imidazole rings is 1. The number of fused-ring (bicyclic) bond motifs is 2. The lowest BCUT2D eigenvalue weighted by Gasteiger charge is -2.21. The normalized spacial score (nSPS) is 12.5. The summed E-state index contributed by atoms with van der Waals surface area (Å²) >= 11 is 1.79. The lowest BCUT2D eigenvalue weighted by atomic mass is 10.1. The van der Waals surface area contributed by atoms with Crippen molar-refractivity contribution in [1.82, 2.24) is 9.55 Å². The van der Waals surface area contributed by atoms with Gasteiger partial charge in [-0.15, -0.1) is 0 Å². The van der Waals surface area contributed by atoms with E-state index in [2.05, 4.69) is 60.0 Å². The molecule has 37 heavy (non-hydrogen) atoms. The average molecular weight is 515 g/mol. The molecule has 5 heteroatoms. The first-order valence-electron chi connectivity index (χ1n) is 12.3. The Labute approximate surface area is 220 Å². The molecule has 0 spiro atoms. The molecule has 0 radical (unpaired) electrons. The van der Waals surface area contributed by atoms with Gasteiger partial charge >= 0.3 is 0 Å². The third-order valence-electron chi connectivity index (χ3n) is 7.03. The van der Waals surface area contributed by atoms with Gasteiger partial charge in [0, 0.05) is 25.7 Å². The van der Waals surface area contributed by atoms with Crippen molar-refractivity contribution in [3.05, 3.63) is 127 Å². The highest BCUT2D eigenvalue weighted by Crippen LogP contribution is 2.45. The second kappa shape index (κ2) is 8.62. The van der Waals surface area contributed by atoms with E-state index in [0.717, 1.165) is 38.4 Å². The van der Waals surface area contributed by atoms with Crippen molar-refractivity contribution in [2.75, 3.05) is 0 Å². The molecule has 1 aliphatic rings. The maximum absolute atomic E-state index is 14.7. The van der Waals surface area contributed by atoms with Crippen molar-refractivity contribution in [3.8, 4) is 16.8 Å². The molecule has 0 unspecified atom stereocenters. The van der Waals surface area contributed by atoms with Crippen molar-refractivity contribution in [2.24, 2.45) is 0 Å². The summed E-state index contributed by atoms with van der Waals surface area (Å²) < 4.78 is 16.9. The highest BCUT2D eigenvalue weighted by molar-refractivity contribution is 7.99. The number of para-hydroxylation sites is 1. The van der Waals surface area contributed by atoms with Crippen LogP contribution < -0.4 is 15.9 Å². The number of hydrogen-bond donors (Lipinski definition) is 0. The molecule has 0 aliphatic carbocycles. The summed E-state index contributed by atoms with van der Waals surface area (Å²) in [7, 11) is -2.98. The molecule has 178 valence electrons. The first-order chi connectivity index (χ1) is 18.1. The Balaban J connectivity index is 1.30. The number of aryl methyl sites for hydroxylation is 1. The molecule has 1 aliphatic heterocycles. The van der Waals surface area contributed by atoms with Crippen LogP contribution in [-0.4, -0.2) is 9.55 Å². The van der Waals surface area contributed by atoms with Gasteiger partial charge in [-0.25, -0.2) is 4.98 Å². The Bertz CT molecular complexity index is 1780. The highest BCUT2D eigenvalue weighted by atomic mass is 32.2. The quantitative estimate of drug-likeness (QED) is 0.235. The molecule has 0 bridgehead atoms. The molecule has 0 N–H and O–H groups in total. The number of benzene rings is 5. The predicted octanol–water partition coefficient (Wildman–Crippen LogP) is 7.10. The summed E-state index contributed by atoms with van der Waals surface area (Å²) in [6, 6.07) is 40.8. The van der Waals surface area contributed by atoms with E-state index in [1.165, 1.54) is 21.0 Å². The van der Waals surface area contributed by atoms with Gasteiger partial charge in [0.25, 0.3) is 0 Å².